The summed E-state index contributed by atoms with van der Waals surface area (Å²) in [6.45, 7) is 8.18. The molecule has 2 amide bonds. The Kier molecular flexibility index (Phi) is 6.27. The number of nitrogens with one attached hydrogen (secondary N) is 2. The van der Waals surface area contributed by atoms with E-state index in [1.54, 1.807) is 0 Å². The van der Waals surface area contributed by atoms with E-state index >= 15 is 0 Å². The Bertz CT molecular complexity index is 410. The molecular formula is C17H31N3O3. The zero-order chi connectivity index (χ0) is 16.9. The van der Waals surface area contributed by atoms with Crippen molar-refractivity contribution in [3.8, 4) is 0 Å². The number of alkyl carbamates (subject to hydrolysis) is 1. The largest absolute Gasteiger partial charge is 0.444 e. The average Bonchev–Trinajstić information content (AvgIpc) is 2.88. The Hall–Kier alpha value is -1.30. The number of nitrogens with zero attached hydrogens (tertiary/aromatic N) is 1. The molecule has 2 rings (SSSR count). The number of hydrogen-bond acceptors (Lipinski definition) is 4. The van der Waals surface area contributed by atoms with Crippen LogP contribution in [0, 0.1) is 5.92 Å². The minimum absolute atomic E-state index is 0.134. The van der Waals surface area contributed by atoms with Crippen molar-refractivity contribution in [2.24, 2.45) is 5.92 Å². The lowest BCUT2D eigenvalue weighted by Crippen LogP contribution is -2.51. The van der Waals surface area contributed by atoms with E-state index in [4.69, 9.17) is 4.74 Å². The molecule has 2 aliphatic rings. The van der Waals surface area contributed by atoms with Gasteiger partial charge in [-0.25, -0.2) is 4.79 Å². The first-order valence-corrected chi connectivity index (χ1v) is 8.83. The standard InChI is InChI=1S/C17H31N3O3/c1-17(2,3)23-16(22)19-11-14(13-7-4-5-8-13)18-12-15(21)20-9-6-10-20/h13-14,18H,4-12H2,1-3H3,(H,19,22)/t14-/m1/s1. The molecular weight excluding hydrogens is 294 g/mol. The molecule has 0 bridgehead atoms. The minimum atomic E-state index is -0.492. The van der Waals surface area contributed by atoms with Crippen LogP contribution in [0.4, 0.5) is 4.79 Å². The number of likely N-dealkylation sites (tertiary alicyclic amines) is 1. The molecule has 1 saturated heterocycles. The van der Waals surface area contributed by atoms with Crippen molar-refractivity contribution in [1.29, 1.82) is 0 Å². The highest BCUT2D eigenvalue weighted by atomic mass is 16.6. The highest BCUT2D eigenvalue weighted by Gasteiger charge is 2.28. The van der Waals surface area contributed by atoms with Gasteiger partial charge in [0.25, 0.3) is 0 Å². The van der Waals surface area contributed by atoms with E-state index in [1.807, 2.05) is 25.7 Å². The van der Waals surface area contributed by atoms with E-state index in [2.05, 4.69) is 10.6 Å². The van der Waals surface area contributed by atoms with Crippen molar-refractivity contribution in [2.45, 2.75) is 64.5 Å². The van der Waals surface area contributed by atoms with E-state index in [9.17, 15) is 9.59 Å². The van der Waals surface area contributed by atoms with Crippen molar-refractivity contribution >= 4 is 12.0 Å². The summed E-state index contributed by atoms with van der Waals surface area (Å²) < 4.78 is 5.29. The van der Waals surface area contributed by atoms with Gasteiger partial charge < -0.3 is 20.3 Å². The number of hydrogen-bond donors (Lipinski definition) is 2. The van der Waals surface area contributed by atoms with Gasteiger partial charge in [-0.15, -0.1) is 0 Å². The van der Waals surface area contributed by atoms with Crippen LogP contribution in [0.5, 0.6) is 0 Å². The van der Waals surface area contributed by atoms with Gasteiger partial charge in [0.2, 0.25) is 5.91 Å². The molecule has 1 aliphatic carbocycles. The van der Waals surface area contributed by atoms with Gasteiger partial charge in [0.05, 0.1) is 6.54 Å². The zero-order valence-corrected chi connectivity index (χ0v) is 14.7. The molecule has 1 atom stereocenters. The zero-order valence-electron chi connectivity index (χ0n) is 14.7. The SMILES string of the molecule is CC(C)(C)OC(=O)NC[C@@H](NCC(=O)N1CCC1)C1CCCC1. The quantitative estimate of drug-likeness (QED) is 0.782. The fraction of sp³-hybridized carbons (Fsp3) is 0.882. The fourth-order valence-corrected chi connectivity index (χ4v) is 3.17. The highest BCUT2D eigenvalue weighted by Crippen LogP contribution is 2.27. The van der Waals surface area contributed by atoms with Gasteiger partial charge in [-0.2, -0.15) is 0 Å². The lowest BCUT2D eigenvalue weighted by atomic mass is 9.98. The van der Waals surface area contributed by atoms with Gasteiger partial charge >= 0.3 is 6.09 Å². The van der Waals surface area contributed by atoms with Gasteiger partial charge in [0.15, 0.2) is 0 Å². The molecule has 2 fully saturated rings. The van der Waals surface area contributed by atoms with Gasteiger partial charge in [-0.05, 0) is 46.0 Å². The summed E-state index contributed by atoms with van der Waals surface area (Å²) >= 11 is 0. The summed E-state index contributed by atoms with van der Waals surface area (Å²) in [5, 5.41) is 6.22. The summed E-state index contributed by atoms with van der Waals surface area (Å²) in [5.74, 6) is 0.686. The van der Waals surface area contributed by atoms with Crippen molar-refractivity contribution in [2.75, 3.05) is 26.2 Å². The molecule has 1 saturated carbocycles. The third-order valence-electron chi connectivity index (χ3n) is 4.56. The third kappa shape index (κ3) is 6.01. The van der Waals surface area contributed by atoms with Gasteiger partial charge in [-0.3, -0.25) is 4.79 Å². The molecule has 6 nitrogen and oxygen atoms in total. The van der Waals surface area contributed by atoms with Gasteiger partial charge in [0.1, 0.15) is 5.60 Å². The maximum absolute atomic E-state index is 12.0. The first-order chi connectivity index (χ1) is 10.8. The molecule has 6 heteroatoms. The van der Waals surface area contributed by atoms with E-state index in [0.717, 1.165) is 32.4 Å². The van der Waals surface area contributed by atoms with Crippen molar-refractivity contribution in [3.63, 3.8) is 0 Å². The molecule has 0 spiro atoms. The van der Waals surface area contributed by atoms with Crippen LogP contribution in [0.1, 0.15) is 52.9 Å². The van der Waals surface area contributed by atoms with Crippen LogP contribution in [0.3, 0.4) is 0 Å². The summed E-state index contributed by atoms with van der Waals surface area (Å²) in [6, 6.07) is 0.134. The predicted octanol–water partition coefficient (Wildman–Crippen LogP) is 1.89. The second-order valence-corrected chi connectivity index (χ2v) is 7.65. The second kappa shape index (κ2) is 7.99. The van der Waals surface area contributed by atoms with Crippen molar-refractivity contribution in [1.82, 2.24) is 15.5 Å². The molecule has 2 N–H and O–H groups in total. The first-order valence-electron chi connectivity index (χ1n) is 8.83. The molecule has 0 aromatic carbocycles. The maximum Gasteiger partial charge on any atom is 0.407 e. The Labute approximate surface area is 139 Å². The molecule has 0 aromatic rings. The average molecular weight is 325 g/mol. The van der Waals surface area contributed by atoms with E-state index in [0.29, 0.717) is 19.0 Å². The second-order valence-electron chi connectivity index (χ2n) is 7.65. The molecule has 0 unspecified atom stereocenters. The molecule has 0 aromatic heterocycles. The molecule has 1 aliphatic heterocycles. The van der Waals surface area contributed by atoms with E-state index < -0.39 is 11.7 Å². The summed E-state index contributed by atoms with van der Waals surface area (Å²) in [6.07, 6.45) is 5.50. The van der Waals surface area contributed by atoms with Crippen molar-refractivity contribution in [3.05, 3.63) is 0 Å². The van der Waals surface area contributed by atoms with E-state index in [1.165, 1.54) is 12.8 Å². The predicted molar refractivity (Wildman–Crippen MR) is 89.2 cm³/mol. The van der Waals surface area contributed by atoms with E-state index in [-0.39, 0.29) is 11.9 Å². The maximum atomic E-state index is 12.0. The number of rotatable bonds is 6. The molecule has 23 heavy (non-hydrogen) atoms. The van der Waals surface area contributed by atoms with Gasteiger partial charge in [-0.1, -0.05) is 12.8 Å². The monoisotopic (exact) mass is 325 g/mol. The van der Waals surface area contributed by atoms with Gasteiger partial charge in [0, 0.05) is 25.7 Å². The number of carbonyl (C=O) groups is 2. The van der Waals surface area contributed by atoms with Crippen LogP contribution in [0.15, 0.2) is 0 Å². The van der Waals surface area contributed by atoms with Crippen LogP contribution in [-0.2, 0) is 9.53 Å². The lowest BCUT2D eigenvalue weighted by Gasteiger charge is -2.32. The Balaban J connectivity index is 1.79. The smallest absolute Gasteiger partial charge is 0.407 e. The minimum Gasteiger partial charge on any atom is -0.444 e. The fourth-order valence-electron chi connectivity index (χ4n) is 3.17. The van der Waals surface area contributed by atoms with Crippen LogP contribution in [0.25, 0.3) is 0 Å². The van der Waals surface area contributed by atoms with Crippen LogP contribution in [-0.4, -0.2) is 54.7 Å². The summed E-state index contributed by atoms with van der Waals surface area (Å²) in [5.41, 5.74) is -0.492. The molecule has 132 valence electrons. The van der Waals surface area contributed by atoms with Crippen LogP contribution in [0.2, 0.25) is 0 Å². The topological polar surface area (TPSA) is 70.7 Å². The Morgan fingerprint density at radius 3 is 2.35 bits per heavy atom. The summed E-state index contributed by atoms with van der Waals surface area (Å²) in [7, 11) is 0. The van der Waals surface area contributed by atoms with Crippen LogP contribution < -0.4 is 10.6 Å². The third-order valence-corrected chi connectivity index (χ3v) is 4.56. The van der Waals surface area contributed by atoms with Crippen molar-refractivity contribution < 1.29 is 14.3 Å². The first kappa shape index (κ1) is 18.0. The normalized spacial score (nSPS) is 20.0. The Morgan fingerprint density at radius 1 is 1.17 bits per heavy atom. The van der Waals surface area contributed by atoms with Crippen LogP contribution >= 0.6 is 0 Å². The number of ether oxygens (including phenoxy) is 1. The highest BCUT2D eigenvalue weighted by molar-refractivity contribution is 5.79. The number of amides is 2. The molecule has 1 heterocycles. The lowest BCUT2D eigenvalue weighted by molar-refractivity contribution is -0.133. The molecule has 0 radical (unpaired) electrons. The number of carbonyl (C=O) groups excluding carboxylic acids is 2. The summed E-state index contributed by atoms with van der Waals surface area (Å²) in [4.78, 5) is 25.7. The Morgan fingerprint density at radius 2 is 1.83 bits per heavy atom.